The maximum Gasteiger partial charge on any atom is 0.243 e. The van der Waals surface area contributed by atoms with Gasteiger partial charge in [-0.2, -0.15) is 0 Å². The minimum atomic E-state index is -0.590. The molecule has 2 aromatic rings. The molecule has 134 valence electrons. The Kier molecular flexibility index (Phi) is 6.64. The van der Waals surface area contributed by atoms with Crippen molar-refractivity contribution in [1.82, 2.24) is 20.8 Å². The molecule has 7 heteroatoms. The van der Waals surface area contributed by atoms with Gasteiger partial charge in [0.2, 0.25) is 11.8 Å². The number of benzene rings is 1. The summed E-state index contributed by atoms with van der Waals surface area (Å²) < 4.78 is 0. The highest BCUT2D eigenvalue weighted by Crippen LogP contribution is 2.17. The summed E-state index contributed by atoms with van der Waals surface area (Å²) in [6, 6.07) is 8.64. The normalized spacial score (nSPS) is 13.3. The monoisotopic (exact) mass is 360 g/mol. The number of aromatic nitrogens is 2. The predicted octanol–water partition coefficient (Wildman–Crippen LogP) is 2.41. The van der Waals surface area contributed by atoms with Crippen molar-refractivity contribution < 1.29 is 9.59 Å². The van der Waals surface area contributed by atoms with E-state index in [4.69, 9.17) is 0 Å². The molecule has 25 heavy (non-hydrogen) atoms. The summed E-state index contributed by atoms with van der Waals surface area (Å²) in [5.41, 5.74) is 0.917. The molecule has 0 radical (unpaired) electrons. The van der Waals surface area contributed by atoms with E-state index >= 15 is 0 Å². The zero-order valence-corrected chi connectivity index (χ0v) is 15.8. The molecule has 1 heterocycles. The largest absolute Gasteiger partial charge is 0.345 e. The SMILES string of the molecule is Cc1nnc([C@@H](C)NC(=O)[C@H](NC(=O)Cc2ccccc2)C(C)C)s1. The summed E-state index contributed by atoms with van der Waals surface area (Å²) in [5.74, 6) is -0.403. The van der Waals surface area contributed by atoms with Gasteiger partial charge in [-0.05, 0) is 25.3 Å². The number of carbonyl (C=O) groups excluding carboxylic acids is 2. The molecule has 0 spiro atoms. The van der Waals surface area contributed by atoms with Crippen molar-refractivity contribution in [2.75, 3.05) is 0 Å². The fraction of sp³-hybridized carbons (Fsp3) is 0.444. The van der Waals surface area contributed by atoms with E-state index in [1.165, 1.54) is 11.3 Å². The summed E-state index contributed by atoms with van der Waals surface area (Å²) in [7, 11) is 0. The summed E-state index contributed by atoms with van der Waals surface area (Å²) in [4.78, 5) is 24.9. The molecule has 0 fully saturated rings. The van der Waals surface area contributed by atoms with E-state index in [1.807, 2.05) is 58.0 Å². The van der Waals surface area contributed by atoms with Gasteiger partial charge in [0.25, 0.3) is 0 Å². The van der Waals surface area contributed by atoms with Crippen LogP contribution in [0.3, 0.4) is 0 Å². The van der Waals surface area contributed by atoms with Crippen LogP contribution >= 0.6 is 11.3 Å². The summed E-state index contributed by atoms with van der Waals surface area (Å²) in [6.45, 7) is 7.55. The minimum Gasteiger partial charge on any atom is -0.345 e. The molecule has 0 unspecified atom stereocenters. The van der Waals surface area contributed by atoms with Crippen LogP contribution in [0.15, 0.2) is 30.3 Å². The third-order valence-corrected chi connectivity index (χ3v) is 4.77. The molecular formula is C18H24N4O2S. The van der Waals surface area contributed by atoms with Gasteiger partial charge in [0.15, 0.2) is 0 Å². The molecule has 0 saturated carbocycles. The third-order valence-electron chi connectivity index (χ3n) is 3.74. The minimum absolute atomic E-state index is 0.0249. The molecule has 2 amide bonds. The van der Waals surface area contributed by atoms with Gasteiger partial charge < -0.3 is 10.6 Å². The Balaban J connectivity index is 1.96. The molecule has 2 rings (SSSR count). The van der Waals surface area contributed by atoms with Gasteiger partial charge in [0.1, 0.15) is 16.1 Å². The van der Waals surface area contributed by atoms with Gasteiger partial charge in [-0.25, -0.2) is 0 Å². The van der Waals surface area contributed by atoms with E-state index in [0.29, 0.717) is 0 Å². The first kappa shape index (κ1) is 19.1. The van der Waals surface area contributed by atoms with Gasteiger partial charge in [-0.15, -0.1) is 10.2 Å². The number of rotatable bonds is 7. The van der Waals surface area contributed by atoms with Crippen molar-refractivity contribution in [2.24, 2.45) is 5.92 Å². The van der Waals surface area contributed by atoms with Crippen LogP contribution in [0.25, 0.3) is 0 Å². The smallest absolute Gasteiger partial charge is 0.243 e. The summed E-state index contributed by atoms with van der Waals surface area (Å²) >= 11 is 1.45. The number of hydrogen-bond acceptors (Lipinski definition) is 5. The molecule has 0 saturated heterocycles. The number of nitrogens with one attached hydrogen (secondary N) is 2. The Hall–Kier alpha value is -2.28. The number of nitrogens with zero attached hydrogens (tertiary/aromatic N) is 2. The molecule has 0 aliphatic carbocycles. The van der Waals surface area contributed by atoms with Gasteiger partial charge >= 0.3 is 0 Å². The number of amides is 2. The molecule has 0 bridgehead atoms. The van der Waals surface area contributed by atoms with E-state index in [0.717, 1.165) is 15.6 Å². The number of carbonyl (C=O) groups is 2. The van der Waals surface area contributed by atoms with Crippen molar-refractivity contribution in [3.63, 3.8) is 0 Å². The standard InChI is InChI=1S/C18H24N4O2S/c1-11(2)16(20-15(23)10-14-8-6-5-7-9-14)17(24)19-12(3)18-22-21-13(4)25-18/h5-9,11-12,16H,10H2,1-4H3,(H,19,24)(H,20,23)/t12-,16-/m1/s1. The third kappa shape index (κ3) is 5.63. The lowest BCUT2D eigenvalue weighted by molar-refractivity contribution is -0.130. The van der Waals surface area contributed by atoms with Crippen molar-refractivity contribution >= 4 is 23.2 Å². The maximum absolute atomic E-state index is 12.6. The molecule has 1 aromatic carbocycles. The van der Waals surface area contributed by atoms with Crippen molar-refractivity contribution in [1.29, 1.82) is 0 Å². The van der Waals surface area contributed by atoms with Crippen LogP contribution in [-0.2, 0) is 16.0 Å². The molecule has 2 atom stereocenters. The molecule has 0 aliphatic heterocycles. The number of hydrogen-bond donors (Lipinski definition) is 2. The Bertz CT molecular complexity index is 715. The van der Waals surface area contributed by atoms with Gasteiger partial charge in [0.05, 0.1) is 12.5 Å². The second kappa shape index (κ2) is 8.71. The van der Waals surface area contributed by atoms with Crippen LogP contribution in [-0.4, -0.2) is 28.1 Å². The van der Waals surface area contributed by atoms with Gasteiger partial charge in [0, 0.05) is 0 Å². The average Bonchev–Trinajstić information content (AvgIpc) is 2.99. The average molecular weight is 360 g/mol. The van der Waals surface area contributed by atoms with Crippen LogP contribution in [0.2, 0.25) is 0 Å². The highest BCUT2D eigenvalue weighted by Gasteiger charge is 2.26. The van der Waals surface area contributed by atoms with Crippen molar-refractivity contribution in [2.45, 2.75) is 46.2 Å². The quantitative estimate of drug-likeness (QED) is 0.794. The topological polar surface area (TPSA) is 84.0 Å². The lowest BCUT2D eigenvalue weighted by Gasteiger charge is -2.23. The first-order chi connectivity index (χ1) is 11.9. The van der Waals surface area contributed by atoms with E-state index in [1.54, 1.807) is 0 Å². The summed E-state index contributed by atoms with van der Waals surface area (Å²) in [5, 5.41) is 15.4. The van der Waals surface area contributed by atoms with Gasteiger partial charge in [-0.3, -0.25) is 9.59 Å². The van der Waals surface area contributed by atoms with Crippen LogP contribution < -0.4 is 10.6 Å². The first-order valence-electron chi connectivity index (χ1n) is 8.30. The highest BCUT2D eigenvalue weighted by atomic mass is 32.1. The molecule has 0 aliphatic rings. The molecule has 2 N–H and O–H groups in total. The Morgan fingerprint density at radius 1 is 1.08 bits per heavy atom. The maximum atomic E-state index is 12.6. The lowest BCUT2D eigenvalue weighted by atomic mass is 10.0. The Morgan fingerprint density at radius 2 is 1.76 bits per heavy atom. The molecule has 6 nitrogen and oxygen atoms in total. The second-order valence-corrected chi connectivity index (χ2v) is 7.55. The second-order valence-electron chi connectivity index (χ2n) is 6.34. The van der Waals surface area contributed by atoms with Crippen molar-refractivity contribution in [3.05, 3.63) is 45.9 Å². The van der Waals surface area contributed by atoms with E-state index in [2.05, 4.69) is 20.8 Å². The van der Waals surface area contributed by atoms with E-state index in [9.17, 15) is 9.59 Å². The first-order valence-corrected chi connectivity index (χ1v) is 9.12. The summed E-state index contributed by atoms with van der Waals surface area (Å²) in [6.07, 6.45) is 0.252. The Labute approximate surface area is 152 Å². The number of aryl methyl sites for hydroxylation is 1. The molecular weight excluding hydrogens is 336 g/mol. The van der Waals surface area contributed by atoms with Crippen LogP contribution in [0.1, 0.15) is 42.4 Å². The van der Waals surface area contributed by atoms with Crippen LogP contribution in [0, 0.1) is 12.8 Å². The molecule has 1 aromatic heterocycles. The fourth-order valence-electron chi connectivity index (χ4n) is 2.39. The van der Waals surface area contributed by atoms with E-state index < -0.39 is 6.04 Å². The van der Waals surface area contributed by atoms with Crippen LogP contribution in [0.4, 0.5) is 0 Å². The van der Waals surface area contributed by atoms with Gasteiger partial charge in [-0.1, -0.05) is 55.5 Å². The van der Waals surface area contributed by atoms with Crippen molar-refractivity contribution in [3.8, 4) is 0 Å². The Morgan fingerprint density at radius 3 is 2.32 bits per heavy atom. The fourth-order valence-corrected chi connectivity index (χ4v) is 3.09. The lowest BCUT2D eigenvalue weighted by Crippen LogP contribution is -2.50. The van der Waals surface area contributed by atoms with E-state index in [-0.39, 0.29) is 30.2 Å². The highest BCUT2D eigenvalue weighted by molar-refractivity contribution is 7.11. The zero-order chi connectivity index (χ0) is 18.4. The zero-order valence-electron chi connectivity index (χ0n) is 14.9. The predicted molar refractivity (Wildman–Crippen MR) is 98.1 cm³/mol. The van der Waals surface area contributed by atoms with Crippen LogP contribution in [0.5, 0.6) is 0 Å².